The summed E-state index contributed by atoms with van der Waals surface area (Å²) in [6.45, 7) is 0. The molecule has 0 heterocycles. The molecule has 2 aliphatic carbocycles. The van der Waals surface area contributed by atoms with E-state index in [0.29, 0.717) is 18.8 Å². The van der Waals surface area contributed by atoms with E-state index in [1.807, 2.05) is 6.08 Å². The van der Waals surface area contributed by atoms with Gasteiger partial charge in [-0.3, -0.25) is 9.59 Å². The van der Waals surface area contributed by atoms with Crippen molar-refractivity contribution >= 4 is 11.9 Å². The first-order valence-corrected chi connectivity index (χ1v) is 5.74. The smallest absolute Gasteiger partial charge is 0.310 e. The Balaban J connectivity index is 1.98. The van der Waals surface area contributed by atoms with Gasteiger partial charge >= 0.3 is 11.9 Å². The van der Waals surface area contributed by atoms with Crippen LogP contribution in [-0.4, -0.2) is 22.2 Å². The van der Waals surface area contributed by atoms with E-state index < -0.39 is 11.9 Å². The Morgan fingerprint density at radius 1 is 1.12 bits per heavy atom. The van der Waals surface area contributed by atoms with Crippen LogP contribution in [0.15, 0.2) is 11.6 Å². The summed E-state index contributed by atoms with van der Waals surface area (Å²) in [6.07, 6.45) is 5.67. The summed E-state index contributed by atoms with van der Waals surface area (Å²) in [5.74, 6) is -1.74. The molecule has 2 N–H and O–H groups in total. The minimum atomic E-state index is -0.761. The van der Waals surface area contributed by atoms with Gasteiger partial charge in [0.15, 0.2) is 0 Å². The second-order valence-electron chi connectivity index (χ2n) is 4.77. The summed E-state index contributed by atoms with van der Waals surface area (Å²) in [7, 11) is 0. The molecule has 0 bridgehead atoms. The van der Waals surface area contributed by atoms with Crippen molar-refractivity contribution in [2.75, 3.05) is 0 Å². The van der Waals surface area contributed by atoms with Crippen LogP contribution in [0.1, 0.15) is 32.1 Å². The predicted octanol–water partition coefficient (Wildman–Crippen LogP) is 1.91. The highest BCUT2D eigenvalue weighted by Gasteiger charge is 2.34. The standard InChI is InChI=1S/C12H16O4/c13-11(14)9-3-1-7(5-9)8-2-4-10(6-8)12(15)16/h5,8-10H,1-4,6H2,(H,13,14)(H,15,16). The normalized spacial score (nSPS) is 33.8. The van der Waals surface area contributed by atoms with Gasteiger partial charge in [0.25, 0.3) is 0 Å². The van der Waals surface area contributed by atoms with E-state index in [1.165, 1.54) is 5.57 Å². The molecule has 0 aromatic carbocycles. The van der Waals surface area contributed by atoms with E-state index in [9.17, 15) is 9.59 Å². The van der Waals surface area contributed by atoms with E-state index in [2.05, 4.69) is 0 Å². The maximum absolute atomic E-state index is 10.8. The van der Waals surface area contributed by atoms with Gasteiger partial charge in [-0.15, -0.1) is 0 Å². The van der Waals surface area contributed by atoms with Crippen LogP contribution in [0.25, 0.3) is 0 Å². The van der Waals surface area contributed by atoms with Gasteiger partial charge in [-0.25, -0.2) is 0 Å². The molecule has 16 heavy (non-hydrogen) atoms. The highest BCUT2D eigenvalue weighted by atomic mass is 16.4. The van der Waals surface area contributed by atoms with E-state index in [0.717, 1.165) is 19.3 Å². The lowest BCUT2D eigenvalue weighted by Gasteiger charge is -2.10. The molecule has 0 spiro atoms. The SMILES string of the molecule is O=C(O)C1C=C(C2CCC(C(=O)O)C2)CC1. The molecule has 0 aromatic heterocycles. The van der Waals surface area contributed by atoms with Crippen LogP contribution in [0.3, 0.4) is 0 Å². The molecule has 0 aromatic rings. The number of carboxylic acids is 2. The number of hydrogen-bond acceptors (Lipinski definition) is 2. The van der Waals surface area contributed by atoms with Crippen LogP contribution in [0.5, 0.6) is 0 Å². The van der Waals surface area contributed by atoms with E-state index in [-0.39, 0.29) is 11.8 Å². The number of carboxylic acid groups (broad SMARTS) is 2. The Bertz CT molecular complexity index is 345. The van der Waals surface area contributed by atoms with Crippen molar-refractivity contribution < 1.29 is 19.8 Å². The molecule has 88 valence electrons. The molecule has 2 aliphatic rings. The van der Waals surface area contributed by atoms with E-state index in [4.69, 9.17) is 10.2 Å². The van der Waals surface area contributed by atoms with Gasteiger partial charge in [0.2, 0.25) is 0 Å². The largest absolute Gasteiger partial charge is 0.481 e. The number of carbonyl (C=O) groups is 2. The van der Waals surface area contributed by atoms with Crippen molar-refractivity contribution in [2.24, 2.45) is 17.8 Å². The number of rotatable bonds is 3. The Morgan fingerprint density at radius 2 is 1.88 bits per heavy atom. The maximum atomic E-state index is 10.8. The third kappa shape index (κ3) is 2.10. The molecular weight excluding hydrogens is 208 g/mol. The highest BCUT2D eigenvalue weighted by molar-refractivity contribution is 5.73. The molecule has 2 rings (SSSR count). The summed E-state index contributed by atoms with van der Waals surface area (Å²) in [5, 5.41) is 17.8. The average Bonchev–Trinajstić information content (AvgIpc) is 2.86. The van der Waals surface area contributed by atoms with Crippen molar-refractivity contribution in [1.29, 1.82) is 0 Å². The summed E-state index contributed by atoms with van der Waals surface area (Å²) >= 11 is 0. The van der Waals surface area contributed by atoms with Crippen LogP contribution < -0.4 is 0 Å². The Labute approximate surface area is 94.0 Å². The minimum absolute atomic E-state index is 0.227. The zero-order valence-electron chi connectivity index (χ0n) is 9.06. The third-order valence-corrected chi connectivity index (χ3v) is 3.78. The van der Waals surface area contributed by atoms with Gasteiger partial charge in [0, 0.05) is 0 Å². The molecule has 0 aliphatic heterocycles. The second-order valence-corrected chi connectivity index (χ2v) is 4.77. The average molecular weight is 224 g/mol. The van der Waals surface area contributed by atoms with E-state index in [1.54, 1.807) is 0 Å². The molecule has 1 saturated carbocycles. The van der Waals surface area contributed by atoms with Crippen LogP contribution in [-0.2, 0) is 9.59 Å². The van der Waals surface area contributed by atoms with Crippen LogP contribution in [0.2, 0.25) is 0 Å². The fourth-order valence-electron chi connectivity index (χ4n) is 2.82. The van der Waals surface area contributed by atoms with Crippen LogP contribution >= 0.6 is 0 Å². The molecule has 0 amide bonds. The van der Waals surface area contributed by atoms with Gasteiger partial charge in [-0.2, -0.15) is 0 Å². The number of hydrogen-bond donors (Lipinski definition) is 2. The van der Waals surface area contributed by atoms with Crippen molar-refractivity contribution in [2.45, 2.75) is 32.1 Å². The zero-order chi connectivity index (χ0) is 11.7. The topological polar surface area (TPSA) is 74.6 Å². The molecule has 1 fully saturated rings. The van der Waals surface area contributed by atoms with Gasteiger partial charge in [-0.05, 0) is 38.0 Å². The highest BCUT2D eigenvalue weighted by Crippen LogP contribution is 2.41. The summed E-state index contributed by atoms with van der Waals surface area (Å²) in [5.41, 5.74) is 1.18. The molecule has 0 saturated heterocycles. The lowest BCUT2D eigenvalue weighted by molar-refractivity contribution is -0.142. The van der Waals surface area contributed by atoms with Crippen molar-refractivity contribution in [3.63, 3.8) is 0 Å². The zero-order valence-corrected chi connectivity index (χ0v) is 9.06. The molecule has 3 atom stereocenters. The van der Waals surface area contributed by atoms with Crippen molar-refractivity contribution in [1.82, 2.24) is 0 Å². The lowest BCUT2D eigenvalue weighted by Crippen LogP contribution is -2.10. The van der Waals surface area contributed by atoms with Crippen LogP contribution in [0.4, 0.5) is 0 Å². The number of allylic oxidation sites excluding steroid dienone is 1. The first kappa shape index (κ1) is 11.2. The summed E-state index contributed by atoms with van der Waals surface area (Å²) in [6, 6.07) is 0. The Kier molecular flexibility index (Phi) is 2.99. The molecular formula is C12H16O4. The monoisotopic (exact) mass is 224 g/mol. The van der Waals surface area contributed by atoms with E-state index >= 15 is 0 Å². The number of aliphatic carboxylic acids is 2. The third-order valence-electron chi connectivity index (χ3n) is 3.78. The second kappa shape index (κ2) is 4.28. The minimum Gasteiger partial charge on any atom is -0.481 e. The molecule has 3 unspecified atom stereocenters. The van der Waals surface area contributed by atoms with Crippen LogP contribution in [0, 0.1) is 17.8 Å². The molecule has 0 radical (unpaired) electrons. The van der Waals surface area contributed by atoms with Gasteiger partial charge in [0.1, 0.15) is 0 Å². The quantitative estimate of drug-likeness (QED) is 0.718. The Morgan fingerprint density at radius 3 is 2.38 bits per heavy atom. The Hall–Kier alpha value is -1.32. The lowest BCUT2D eigenvalue weighted by atomic mass is 9.96. The summed E-state index contributed by atoms with van der Waals surface area (Å²) in [4.78, 5) is 21.6. The molecule has 4 heteroatoms. The predicted molar refractivity (Wildman–Crippen MR) is 56.9 cm³/mol. The first-order valence-electron chi connectivity index (χ1n) is 5.74. The summed E-state index contributed by atoms with van der Waals surface area (Å²) < 4.78 is 0. The first-order chi connectivity index (χ1) is 7.58. The maximum Gasteiger partial charge on any atom is 0.310 e. The van der Waals surface area contributed by atoms with Crippen molar-refractivity contribution in [3.05, 3.63) is 11.6 Å². The fraction of sp³-hybridized carbons (Fsp3) is 0.667. The van der Waals surface area contributed by atoms with Gasteiger partial charge < -0.3 is 10.2 Å². The van der Waals surface area contributed by atoms with Gasteiger partial charge in [-0.1, -0.05) is 11.6 Å². The fourth-order valence-corrected chi connectivity index (χ4v) is 2.82. The van der Waals surface area contributed by atoms with Gasteiger partial charge in [0.05, 0.1) is 11.8 Å². The molecule has 4 nitrogen and oxygen atoms in total. The van der Waals surface area contributed by atoms with Crippen molar-refractivity contribution in [3.8, 4) is 0 Å².